The van der Waals surface area contributed by atoms with Crippen LogP contribution in [0, 0.1) is 17.2 Å². The molecule has 1 atom stereocenters. The zero-order valence-electron chi connectivity index (χ0n) is 8.29. The van der Waals surface area contributed by atoms with E-state index in [1.807, 2.05) is 6.07 Å². The average molecular weight is 184 g/mol. The third kappa shape index (κ3) is 3.90. The Morgan fingerprint density at radius 3 is 2.54 bits per heavy atom. The van der Waals surface area contributed by atoms with E-state index in [2.05, 4.69) is 5.32 Å². The summed E-state index contributed by atoms with van der Waals surface area (Å²) in [5, 5.41) is 20.1. The van der Waals surface area contributed by atoms with Crippen LogP contribution in [0.2, 0.25) is 0 Å². The highest BCUT2D eigenvalue weighted by Gasteiger charge is 2.23. The lowest BCUT2D eigenvalue weighted by Gasteiger charge is -2.24. The van der Waals surface area contributed by atoms with Crippen molar-refractivity contribution in [1.29, 1.82) is 5.26 Å². The van der Waals surface area contributed by atoms with Crippen LogP contribution in [-0.4, -0.2) is 23.2 Å². The first kappa shape index (κ1) is 11.9. The van der Waals surface area contributed by atoms with Crippen LogP contribution < -0.4 is 5.32 Å². The van der Waals surface area contributed by atoms with Crippen molar-refractivity contribution in [3.05, 3.63) is 0 Å². The van der Waals surface area contributed by atoms with Crippen molar-refractivity contribution in [3.8, 4) is 6.07 Å². The molecule has 1 unspecified atom stereocenters. The minimum Gasteiger partial charge on any atom is -0.394 e. The van der Waals surface area contributed by atoms with Gasteiger partial charge in [-0.1, -0.05) is 6.92 Å². The Kier molecular flexibility index (Phi) is 4.43. The van der Waals surface area contributed by atoms with Gasteiger partial charge in [0.05, 0.1) is 18.2 Å². The molecule has 0 aliphatic rings. The van der Waals surface area contributed by atoms with Crippen molar-refractivity contribution in [2.45, 2.75) is 32.7 Å². The van der Waals surface area contributed by atoms with Crippen LogP contribution in [0.3, 0.4) is 0 Å². The number of rotatable bonds is 4. The average Bonchev–Trinajstić information content (AvgIpc) is 2.06. The van der Waals surface area contributed by atoms with Crippen LogP contribution in [0.15, 0.2) is 0 Å². The van der Waals surface area contributed by atoms with E-state index in [4.69, 9.17) is 10.4 Å². The molecule has 0 bridgehead atoms. The van der Waals surface area contributed by atoms with Crippen molar-refractivity contribution < 1.29 is 9.90 Å². The highest BCUT2D eigenvalue weighted by molar-refractivity contribution is 5.81. The quantitative estimate of drug-likeness (QED) is 0.665. The maximum Gasteiger partial charge on any atom is 0.237 e. The van der Waals surface area contributed by atoms with E-state index in [1.54, 1.807) is 20.8 Å². The summed E-state index contributed by atoms with van der Waals surface area (Å²) in [6, 6.07) is 1.90. The van der Waals surface area contributed by atoms with Crippen LogP contribution in [0.25, 0.3) is 0 Å². The number of carbonyl (C=O) groups excluding carboxylic acids is 1. The standard InChI is InChI=1S/C9H16N2O2/c1-4-7(5-10)8(13)11-9(2,3)6-12/h7,12H,4,6H2,1-3H3,(H,11,13). The minimum absolute atomic E-state index is 0.138. The molecule has 0 aliphatic carbocycles. The molecule has 0 aliphatic heterocycles. The summed E-state index contributed by atoms with van der Waals surface area (Å²) in [5.74, 6) is -0.935. The van der Waals surface area contributed by atoms with E-state index < -0.39 is 11.5 Å². The van der Waals surface area contributed by atoms with Gasteiger partial charge in [-0.3, -0.25) is 4.79 Å². The van der Waals surface area contributed by atoms with Gasteiger partial charge in [-0.2, -0.15) is 5.26 Å². The van der Waals surface area contributed by atoms with Crippen molar-refractivity contribution >= 4 is 5.91 Å². The molecule has 0 saturated heterocycles. The lowest BCUT2D eigenvalue weighted by atomic mass is 10.0. The first-order valence-electron chi connectivity index (χ1n) is 4.29. The smallest absolute Gasteiger partial charge is 0.237 e. The lowest BCUT2D eigenvalue weighted by molar-refractivity contribution is -0.125. The number of carbonyl (C=O) groups is 1. The fourth-order valence-electron chi connectivity index (χ4n) is 0.795. The number of hydrogen-bond donors (Lipinski definition) is 2. The first-order chi connectivity index (χ1) is 5.96. The predicted molar refractivity (Wildman–Crippen MR) is 48.7 cm³/mol. The Labute approximate surface area is 78.6 Å². The Bertz CT molecular complexity index is 218. The van der Waals surface area contributed by atoms with Gasteiger partial charge in [-0.05, 0) is 20.3 Å². The Morgan fingerprint density at radius 2 is 2.23 bits per heavy atom. The molecule has 0 fully saturated rings. The molecule has 4 heteroatoms. The topological polar surface area (TPSA) is 73.1 Å². The fourth-order valence-corrected chi connectivity index (χ4v) is 0.795. The van der Waals surface area contributed by atoms with E-state index in [-0.39, 0.29) is 12.5 Å². The first-order valence-corrected chi connectivity index (χ1v) is 4.29. The van der Waals surface area contributed by atoms with Gasteiger partial charge in [0, 0.05) is 0 Å². The molecule has 0 radical (unpaired) electrons. The number of nitriles is 1. The number of amides is 1. The molecule has 0 heterocycles. The molecule has 74 valence electrons. The van der Waals surface area contributed by atoms with Crippen LogP contribution in [0.1, 0.15) is 27.2 Å². The normalized spacial score (nSPS) is 13.2. The SMILES string of the molecule is CCC(C#N)C(=O)NC(C)(C)CO. The van der Waals surface area contributed by atoms with Gasteiger partial charge in [0.2, 0.25) is 5.91 Å². The maximum atomic E-state index is 11.3. The molecule has 4 nitrogen and oxygen atoms in total. The van der Waals surface area contributed by atoms with Gasteiger partial charge in [0.25, 0.3) is 0 Å². The van der Waals surface area contributed by atoms with Crippen molar-refractivity contribution in [3.63, 3.8) is 0 Å². The fraction of sp³-hybridized carbons (Fsp3) is 0.778. The summed E-state index contributed by atoms with van der Waals surface area (Å²) < 4.78 is 0. The van der Waals surface area contributed by atoms with Crippen LogP contribution >= 0.6 is 0 Å². The van der Waals surface area contributed by atoms with Crippen LogP contribution in [0.5, 0.6) is 0 Å². The molecule has 0 aromatic rings. The number of aliphatic hydroxyl groups is 1. The monoisotopic (exact) mass is 184 g/mol. The Hall–Kier alpha value is -1.08. The van der Waals surface area contributed by atoms with Gasteiger partial charge >= 0.3 is 0 Å². The van der Waals surface area contributed by atoms with E-state index in [1.165, 1.54) is 0 Å². The molecule has 13 heavy (non-hydrogen) atoms. The number of nitrogens with one attached hydrogen (secondary N) is 1. The summed E-state index contributed by atoms with van der Waals surface area (Å²) in [6.07, 6.45) is 0.490. The van der Waals surface area contributed by atoms with E-state index in [0.717, 1.165) is 0 Å². The zero-order chi connectivity index (χ0) is 10.5. The second kappa shape index (κ2) is 4.83. The number of hydrogen-bond acceptors (Lipinski definition) is 3. The second-order valence-electron chi connectivity index (χ2n) is 3.62. The van der Waals surface area contributed by atoms with Gasteiger partial charge in [-0.25, -0.2) is 0 Å². The third-order valence-corrected chi connectivity index (χ3v) is 1.74. The summed E-state index contributed by atoms with van der Waals surface area (Å²) in [7, 11) is 0. The minimum atomic E-state index is -0.651. The number of aliphatic hydroxyl groups excluding tert-OH is 1. The molecule has 2 N–H and O–H groups in total. The van der Waals surface area contributed by atoms with E-state index in [9.17, 15) is 4.79 Å². The molecule has 0 aromatic carbocycles. The summed E-state index contributed by atoms with van der Waals surface area (Å²) in [4.78, 5) is 11.3. The van der Waals surface area contributed by atoms with Gasteiger partial charge < -0.3 is 10.4 Å². The van der Waals surface area contributed by atoms with Crippen LogP contribution in [0.4, 0.5) is 0 Å². The second-order valence-corrected chi connectivity index (χ2v) is 3.62. The summed E-state index contributed by atoms with van der Waals surface area (Å²) >= 11 is 0. The van der Waals surface area contributed by atoms with Gasteiger partial charge in [0.15, 0.2) is 0 Å². The molecule has 0 aromatic heterocycles. The van der Waals surface area contributed by atoms with Gasteiger partial charge in [-0.15, -0.1) is 0 Å². The lowest BCUT2D eigenvalue weighted by Crippen LogP contribution is -2.48. The highest BCUT2D eigenvalue weighted by Crippen LogP contribution is 2.05. The zero-order valence-corrected chi connectivity index (χ0v) is 8.29. The maximum absolute atomic E-state index is 11.3. The summed E-state index contributed by atoms with van der Waals surface area (Å²) in [5.41, 5.74) is -0.651. The number of nitrogens with zero attached hydrogens (tertiary/aromatic N) is 1. The molecule has 0 rings (SSSR count). The largest absolute Gasteiger partial charge is 0.394 e. The van der Waals surface area contributed by atoms with E-state index in [0.29, 0.717) is 6.42 Å². The van der Waals surface area contributed by atoms with E-state index >= 15 is 0 Å². The molecule has 0 spiro atoms. The molecular formula is C9H16N2O2. The molecule has 1 amide bonds. The van der Waals surface area contributed by atoms with Crippen molar-refractivity contribution in [2.24, 2.45) is 5.92 Å². The Balaban J connectivity index is 4.23. The highest BCUT2D eigenvalue weighted by atomic mass is 16.3. The van der Waals surface area contributed by atoms with Gasteiger partial charge in [0.1, 0.15) is 5.92 Å². The van der Waals surface area contributed by atoms with Crippen LogP contribution in [-0.2, 0) is 4.79 Å². The van der Waals surface area contributed by atoms with Crippen molar-refractivity contribution in [2.75, 3.05) is 6.61 Å². The third-order valence-electron chi connectivity index (χ3n) is 1.74. The molecular weight excluding hydrogens is 168 g/mol. The Morgan fingerprint density at radius 1 is 1.69 bits per heavy atom. The van der Waals surface area contributed by atoms with Crippen molar-refractivity contribution in [1.82, 2.24) is 5.32 Å². The molecule has 0 saturated carbocycles. The predicted octanol–water partition coefficient (Wildman–Crippen LogP) is 0.423. The summed E-state index contributed by atoms with van der Waals surface area (Å²) in [6.45, 7) is 5.05.